The minimum atomic E-state index is -4.11. The molecule has 190 valence electrons. The van der Waals surface area contributed by atoms with Crippen LogP contribution in [0.1, 0.15) is 18.1 Å². The van der Waals surface area contributed by atoms with Gasteiger partial charge >= 0.3 is 0 Å². The lowest BCUT2D eigenvalue weighted by Gasteiger charge is -2.31. The molecule has 1 unspecified atom stereocenters. The van der Waals surface area contributed by atoms with Crippen molar-refractivity contribution < 1.29 is 22.7 Å². The number of hydrogen-bond acceptors (Lipinski definition) is 5. The van der Waals surface area contributed by atoms with E-state index in [-0.39, 0.29) is 23.0 Å². The number of sulfonamides is 1. The van der Waals surface area contributed by atoms with Crippen LogP contribution in [-0.2, 0) is 26.2 Å². The first-order valence-electron chi connectivity index (χ1n) is 11.5. The first-order chi connectivity index (χ1) is 17.2. The summed E-state index contributed by atoms with van der Waals surface area (Å²) in [5, 5.41) is 2.57. The molecule has 0 heterocycles. The van der Waals surface area contributed by atoms with Crippen molar-refractivity contribution in [1.29, 1.82) is 0 Å². The fourth-order valence-corrected chi connectivity index (χ4v) is 5.12. The van der Waals surface area contributed by atoms with Gasteiger partial charge in [-0.25, -0.2) is 8.42 Å². The summed E-state index contributed by atoms with van der Waals surface area (Å²) < 4.78 is 33.7. The number of ether oxygens (including phenoxy) is 1. The number of benzene rings is 3. The number of rotatable bonds is 10. The Hall–Kier alpha value is -3.85. The Morgan fingerprint density at radius 3 is 2.25 bits per heavy atom. The molecule has 3 aromatic carbocycles. The van der Waals surface area contributed by atoms with Gasteiger partial charge in [-0.05, 0) is 43.7 Å². The molecule has 0 aliphatic carbocycles. The molecule has 3 aromatic rings. The fraction of sp³-hybridized carbons (Fsp3) is 0.259. The summed E-state index contributed by atoms with van der Waals surface area (Å²) in [6.07, 6.45) is 0. The third-order valence-corrected chi connectivity index (χ3v) is 7.63. The molecule has 8 nitrogen and oxygen atoms in total. The molecule has 36 heavy (non-hydrogen) atoms. The van der Waals surface area contributed by atoms with E-state index in [1.165, 1.54) is 31.2 Å². The first-order valence-corrected chi connectivity index (χ1v) is 12.9. The molecular weight excluding hydrogens is 478 g/mol. The number of methoxy groups -OCH3 is 1. The molecule has 9 heteroatoms. The number of amides is 2. The van der Waals surface area contributed by atoms with E-state index in [1.807, 2.05) is 31.2 Å². The third-order valence-electron chi connectivity index (χ3n) is 5.84. The summed E-state index contributed by atoms with van der Waals surface area (Å²) >= 11 is 0. The number of hydrogen-bond donors (Lipinski definition) is 1. The number of aryl methyl sites for hydroxylation is 1. The molecule has 0 aromatic heterocycles. The summed E-state index contributed by atoms with van der Waals surface area (Å²) in [6, 6.07) is 21.2. The normalized spacial score (nSPS) is 11.9. The van der Waals surface area contributed by atoms with Crippen molar-refractivity contribution in [3.63, 3.8) is 0 Å². The molecule has 3 rings (SSSR count). The zero-order valence-corrected chi connectivity index (χ0v) is 21.7. The maximum Gasteiger partial charge on any atom is 0.264 e. The number of likely N-dealkylation sites (N-methyl/N-ethyl adjacent to an activating group) is 1. The summed E-state index contributed by atoms with van der Waals surface area (Å²) in [5.41, 5.74) is 2.16. The van der Waals surface area contributed by atoms with Gasteiger partial charge in [0.05, 0.1) is 17.7 Å². The maximum atomic E-state index is 13.7. The highest BCUT2D eigenvalue weighted by Crippen LogP contribution is 2.27. The van der Waals surface area contributed by atoms with Gasteiger partial charge in [-0.3, -0.25) is 13.9 Å². The smallest absolute Gasteiger partial charge is 0.264 e. The van der Waals surface area contributed by atoms with E-state index in [1.54, 1.807) is 49.4 Å². The average molecular weight is 510 g/mol. The molecule has 0 radical (unpaired) electrons. The molecule has 1 atom stereocenters. The average Bonchev–Trinajstić information content (AvgIpc) is 2.90. The third kappa shape index (κ3) is 6.23. The van der Waals surface area contributed by atoms with E-state index in [2.05, 4.69) is 5.32 Å². The van der Waals surface area contributed by atoms with Gasteiger partial charge in [0.1, 0.15) is 18.3 Å². The highest BCUT2D eigenvalue weighted by molar-refractivity contribution is 7.92. The van der Waals surface area contributed by atoms with E-state index in [0.717, 1.165) is 15.4 Å². The van der Waals surface area contributed by atoms with Crippen molar-refractivity contribution in [3.05, 3.63) is 90.0 Å². The zero-order valence-electron chi connectivity index (χ0n) is 20.8. The Bertz CT molecular complexity index is 1290. The van der Waals surface area contributed by atoms with Crippen LogP contribution in [0.3, 0.4) is 0 Å². The second-order valence-electron chi connectivity index (χ2n) is 8.32. The molecular formula is C27H31N3O5S. The monoisotopic (exact) mass is 509 g/mol. The Kier molecular flexibility index (Phi) is 8.71. The quantitative estimate of drug-likeness (QED) is 0.452. The van der Waals surface area contributed by atoms with E-state index in [9.17, 15) is 18.0 Å². The predicted molar refractivity (Wildman–Crippen MR) is 139 cm³/mol. The van der Waals surface area contributed by atoms with Gasteiger partial charge < -0.3 is 15.0 Å². The Balaban J connectivity index is 2.03. The largest absolute Gasteiger partial charge is 0.497 e. The van der Waals surface area contributed by atoms with Crippen LogP contribution in [0, 0.1) is 6.92 Å². The SMILES string of the molecule is CNC(=O)C(C)N(Cc1ccc(C)cc1)C(=O)CN(c1cccc(OC)c1)S(=O)(=O)c1ccccc1. The van der Waals surface area contributed by atoms with Crippen molar-refractivity contribution in [2.75, 3.05) is 25.0 Å². The standard InChI is InChI=1S/C27H31N3O5S/c1-20-13-15-22(16-14-20)18-29(21(2)27(32)28-3)26(31)19-30(23-9-8-10-24(17-23)35-4)36(33,34)25-11-6-5-7-12-25/h5-17,21H,18-19H2,1-4H3,(H,28,32). The molecule has 2 amide bonds. The van der Waals surface area contributed by atoms with Crippen molar-refractivity contribution >= 4 is 27.5 Å². The van der Waals surface area contributed by atoms with Crippen LogP contribution in [-0.4, -0.2) is 51.9 Å². The molecule has 0 fully saturated rings. The molecule has 0 saturated heterocycles. The van der Waals surface area contributed by atoms with E-state index in [0.29, 0.717) is 5.75 Å². The van der Waals surface area contributed by atoms with E-state index < -0.39 is 28.5 Å². The predicted octanol–water partition coefficient (Wildman–Crippen LogP) is 3.36. The van der Waals surface area contributed by atoms with Crippen molar-refractivity contribution in [3.8, 4) is 5.75 Å². The van der Waals surface area contributed by atoms with Crippen LogP contribution in [0.25, 0.3) is 0 Å². The number of carbonyl (C=O) groups is 2. The van der Waals surface area contributed by atoms with Gasteiger partial charge in [-0.15, -0.1) is 0 Å². The van der Waals surface area contributed by atoms with Gasteiger partial charge in [0.25, 0.3) is 10.0 Å². The Labute approximate surface area is 212 Å². The minimum absolute atomic E-state index is 0.0463. The zero-order chi connectivity index (χ0) is 26.3. The van der Waals surface area contributed by atoms with Gasteiger partial charge in [-0.1, -0.05) is 54.1 Å². The van der Waals surface area contributed by atoms with Gasteiger partial charge in [0.2, 0.25) is 11.8 Å². The number of nitrogens with one attached hydrogen (secondary N) is 1. The highest BCUT2D eigenvalue weighted by atomic mass is 32.2. The molecule has 0 aliphatic rings. The van der Waals surface area contributed by atoms with Crippen molar-refractivity contribution in [1.82, 2.24) is 10.2 Å². The molecule has 0 bridgehead atoms. The molecule has 0 spiro atoms. The Morgan fingerprint density at radius 2 is 1.64 bits per heavy atom. The number of carbonyl (C=O) groups excluding carboxylic acids is 2. The van der Waals surface area contributed by atoms with Gasteiger partial charge in [-0.2, -0.15) is 0 Å². The molecule has 0 saturated carbocycles. The summed E-state index contributed by atoms with van der Waals surface area (Å²) in [7, 11) is -1.13. The molecule has 0 aliphatic heterocycles. The first kappa shape index (κ1) is 26.7. The second-order valence-corrected chi connectivity index (χ2v) is 10.2. The van der Waals surface area contributed by atoms with Crippen LogP contribution in [0.5, 0.6) is 5.75 Å². The second kappa shape index (κ2) is 11.7. The van der Waals surface area contributed by atoms with Crippen molar-refractivity contribution in [2.45, 2.75) is 31.3 Å². The summed E-state index contributed by atoms with van der Waals surface area (Å²) in [6.45, 7) is 3.22. The van der Waals surface area contributed by atoms with Gasteiger partial charge in [0.15, 0.2) is 0 Å². The summed E-state index contributed by atoms with van der Waals surface area (Å²) in [5.74, 6) is -0.424. The van der Waals surface area contributed by atoms with E-state index in [4.69, 9.17) is 4.74 Å². The van der Waals surface area contributed by atoms with Crippen LogP contribution in [0.4, 0.5) is 5.69 Å². The highest BCUT2D eigenvalue weighted by Gasteiger charge is 2.32. The molecule has 1 N–H and O–H groups in total. The minimum Gasteiger partial charge on any atom is -0.497 e. The lowest BCUT2D eigenvalue weighted by Crippen LogP contribution is -2.50. The topological polar surface area (TPSA) is 96.0 Å². The van der Waals surface area contributed by atoms with Crippen molar-refractivity contribution in [2.24, 2.45) is 0 Å². The number of nitrogens with zero attached hydrogens (tertiary/aromatic N) is 2. The van der Waals surface area contributed by atoms with Crippen LogP contribution < -0.4 is 14.4 Å². The number of anilines is 1. The maximum absolute atomic E-state index is 13.7. The van der Waals surface area contributed by atoms with E-state index >= 15 is 0 Å². The van der Waals surface area contributed by atoms with Crippen LogP contribution >= 0.6 is 0 Å². The van der Waals surface area contributed by atoms with Crippen LogP contribution in [0.15, 0.2) is 83.8 Å². The lowest BCUT2D eigenvalue weighted by molar-refractivity contribution is -0.139. The Morgan fingerprint density at radius 1 is 0.972 bits per heavy atom. The van der Waals surface area contributed by atoms with Gasteiger partial charge in [0, 0.05) is 19.7 Å². The lowest BCUT2D eigenvalue weighted by atomic mass is 10.1. The summed E-state index contributed by atoms with van der Waals surface area (Å²) in [4.78, 5) is 27.6. The van der Waals surface area contributed by atoms with Crippen LogP contribution in [0.2, 0.25) is 0 Å². The fourth-order valence-electron chi connectivity index (χ4n) is 3.70.